The zero-order valence-electron chi connectivity index (χ0n) is 10.6. The average molecular weight is 243 g/mol. The van der Waals surface area contributed by atoms with Crippen molar-refractivity contribution in [1.82, 2.24) is 10.2 Å². The third-order valence-corrected chi connectivity index (χ3v) is 3.02. The number of nitrogens with one attached hydrogen (secondary N) is 1. The van der Waals surface area contributed by atoms with Crippen molar-refractivity contribution in [2.45, 2.75) is 13.8 Å². The zero-order valence-corrected chi connectivity index (χ0v) is 10.6. The molecule has 0 saturated heterocycles. The average Bonchev–Trinajstić information content (AvgIpc) is 2.81. The van der Waals surface area contributed by atoms with Crippen molar-refractivity contribution in [3.63, 3.8) is 0 Å². The fraction of sp³-hybridized carbons (Fsp3) is 0.385. The number of nitrogens with two attached hydrogens (primary N) is 1. The summed E-state index contributed by atoms with van der Waals surface area (Å²) in [5.74, 6) is -0.0261. The third-order valence-electron chi connectivity index (χ3n) is 3.02. The van der Waals surface area contributed by atoms with Gasteiger partial charge in [-0.15, -0.1) is 0 Å². The largest absolute Gasteiger partial charge is 0.397 e. The number of nitriles is 1. The van der Waals surface area contributed by atoms with Crippen LogP contribution in [0.5, 0.6) is 0 Å². The molecule has 3 N–H and O–H groups in total. The summed E-state index contributed by atoms with van der Waals surface area (Å²) in [5, 5.41) is 16.8. The van der Waals surface area contributed by atoms with Gasteiger partial charge in [-0.3, -0.25) is 5.10 Å². The Morgan fingerprint density at radius 3 is 3.00 bits per heavy atom. The lowest BCUT2D eigenvalue weighted by atomic mass is 10.1. The molecule has 0 radical (unpaired) electrons. The molecule has 1 atom stereocenters. The summed E-state index contributed by atoms with van der Waals surface area (Å²) >= 11 is 0. The summed E-state index contributed by atoms with van der Waals surface area (Å²) in [6.07, 6.45) is 1.75. The predicted molar refractivity (Wildman–Crippen MR) is 73.2 cm³/mol. The predicted octanol–water partition coefficient (Wildman–Crippen LogP) is 2.13. The molecule has 0 spiro atoms. The molecule has 2 rings (SSSR count). The number of benzene rings is 1. The van der Waals surface area contributed by atoms with Crippen LogP contribution in [0.15, 0.2) is 18.3 Å². The molecule has 94 valence electrons. The SMILES string of the molecule is CCN(CC(C)C#N)c1cc2[nH]ncc2cc1N. The first kappa shape index (κ1) is 12.2. The van der Waals surface area contributed by atoms with E-state index >= 15 is 0 Å². The third kappa shape index (κ3) is 2.23. The van der Waals surface area contributed by atoms with E-state index in [0.717, 1.165) is 28.8 Å². The van der Waals surface area contributed by atoms with Gasteiger partial charge in [-0.05, 0) is 26.0 Å². The summed E-state index contributed by atoms with van der Waals surface area (Å²) in [5.41, 5.74) is 8.71. The molecule has 0 fully saturated rings. The number of anilines is 2. The van der Waals surface area contributed by atoms with E-state index in [0.29, 0.717) is 6.54 Å². The molecule has 0 bridgehead atoms. The van der Waals surface area contributed by atoms with E-state index in [-0.39, 0.29) is 5.92 Å². The first-order valence-electron chi connectivity index (χ1n) is 6.02. The van der Waals surface area contributed by atoms with Gasteiger partial charge < -0.3 is 10.6 Å². The van der Waals surface area contributed by atoms with Crippen LogP contribution in [0, 0.1) is 17.2 Å². The maximum atomic E-state index is 8.91. The Morgan fingerprint density at radius 2 is 2.33 bits per heavy atom. The number of fused-ring (bicyclic) bond motifs is 1. The minimum Gasteiger partial charge on any atom is -0.397 e. The highest BCUT2D eigenvalue weighted by atomic mass is 15.1. The molecular formula is C13H17N5. The van der Waals surface area contributed by atoms with Gasteiger partial charge in [-0.25, -0.2) is 0 Å². The molecule has 1 heterocycles. The fourth-order valence-corrected chi connectivity index (χ4v) is 2.04. The summed E-state index contributed by atoms with van der Waals surface area (Å²) in [6.45, 7) is 5.46. The monoisotopic (exact) mass is 243 g/mol. The molecule has 0 aliphatic carbocycles. The second-order valence-electron chi connectivity index (χ2n) is 4.44. The van der Waals surface area contributed by atoms with E-state index in [1.807, 2.05) is 19.1 Å². The molecule has 18 heavy (non-hydrogen) atoms. The molecule has 1 aromatic carbocycles. The van der Waals surface area contributed by atoms with Gasteiger partial charge in [0.1, 0.15) is 0 Å². The number of hydrogen-bond donors (Lipinski definition) is 2. The molecule has 0 aliphatic heterocycles. The quantitative estimate of drug-likeness (QED) is 0.806. The van der Waals surface area contributed by atoms with Gasteiger partial charge in [-0.1, -0.05) is 0 Å². The van der Waals surface area contributed by atoms with Crippen LogP contribution in [0.1, 0.15) is 13.8 Å². The highest BCUT2D eigenvalue weighted by molar-refractivity contribution is 5.88. The lowest BCUT2D eigenvalue weighted by Gasteiger charge is -2.25. The summed E-state index contributed by atoms with van der Waals surface area (Å²) in [6, 6.07) is 6.15. The summed E-state index contributed by atoms with van der Waals surface area (Å²) in [7, 11) is 0. The van der Waals surface area contributed by atoms with E-state index in [9.17, 15) is 0 Å². The number of aromatic amines is 1. The number of nitrogens with zero attached hydrogens (tertiary/aromatic N) is 3. The number of hydrogen-bond acceptors (Lipinski definition) is 4. The van der Waals surface area contributed by atoms with Gasteiger partial charge in [0.15, 0.2) is 0 Å². The van der Waals surface area contributed by atoms with Crippen molar-refractivity contribution in [2.24, 2.45) is 5.92 Å². The number of aromatic nitrogens is 2. The van der Waals surface area contributed by atoms with Crippen LogP contribution in [0.25, 0.3) is 10.9 Å². The second-order valence-corrected chi connectivity index (χ2v) is 4.44. The Kier molecular flexibility index (Phi) is 3.38. The van der Waals surface area contributed by atoms with Gasteiger partial charge in [0.2, 0.25) is 0 Å². The van der Waals surface area contributed by atoms with Crippen molar-refractivity contribution >= 4 is 22.3 Å². The Balaban J connectivity index is 2.38. The topological polar surface area (TPSA) is 81.7 Å². The lowest BCUT2D eigenvalue weighted by molar-refractivity contribution is 0.687. The van der Waals surface area contributed by atoms with E-state index < -0.39 is 0 Å². The molecule has 0 amide bonds. The number of H-pyrrole nitrogens is 1. The van der Waals surface area contributed by atoms with E-state index in [4.69, 9.17) is 11.0 Å². The summed E-state index contributed by atoms with van der Waals surface area (Å²) in [4.78, 5) is 2.11. The van der Waals surface area contributed by atoms with Crippen molar-refractivity contribution in [3.05, 3.63) is 18.3 Å². The molecule has 5 heteroatoms. The Morgan fingerprint density at radius 1 is 1.56 bits per heavy atom. The van der Waals surface area contributed by atoms with Crippen LogP contribution in [0.4, 0.5) is 11.4 Å². The number of rotatable bonds is 4. The van der Waals surface area contributed by atoms with Crippen LogP contribution >= 0.6 is 0 Å². The molecule has 0 aliphatic rings. The standard InChI is InChI=1S/C13H17N5/c1-3-18(8-9(2)6-14)13-5-12-10(4-11(13)15)7-16-17-12/h4-5,7,9H,3,8,15H2,1-2H3,(H,16,17). The van der Waals surface area contributed by atoms with Crippen molar-refractivity contribution in [3.8, 4) is 6.07 Å². The van der Waals surface area contributed by atoms with Crippen molar-refractivity contribution < 1.29 is 0 Å². The van der Waals surface area contributed by atoms with E-state index in [1.54, 1.807) is 6.20 Å². The van der Waals surface area contributed by atoms with Crippen LogP contribution < -0.4 is 10.6 Å². The minimum atomic E-state index is -0.0261. The lowest BCUT2D eigenvalue weighted by Crippen LogP contribution is -2.28. The smallest absolute Gasteiger partial charge is 0.0672 e. The van der Waals surface area contributed by atoms with E-state index in [1.165, 1.54) is 0 Å². The Hall–Kier alpha value is -2.22. The molecular weight excluding hydrogens is 226 g/mol. The van der Waals surface area contributed by atoms with Crippen LogP contribution in [0.2, 0.25) is 0 Å². The summed E-state index contributed by atoms with van der Waals surface area (Å²) < 4.78 is 0. The molecule has 1 aromatic heterocycles. The van der Waals surface area contributed by atoms with E-state index in [2.05, 4.69) is 28.1 Å². The Labute approximate surface area is 106 Å². The first-order valence-corrected chi connectivity index (χ1v) is 6.02. The molecule has 5 nitrogen and oxygen atoms in total. The fourth-order valence-electron chi connectivity index (χ4n) is 2.04. The molecule has 0 saturated carbocycles. The van der Waals surface area contributed by atoms with Crippen LogP contribution in [-0.4, -0.2) is 23.3 Å². The molecule has 1 unspecified atom stereocenters. The minimum absolute atomic E-state index is 0.0261. The number of nitrogen functional groups attached to an aromatic ring is 1. The van der Waals surface area contributed by atoms with Crippen LogP contribution in [0.3, 0.4) is 0 Å². The van der Waals surface area contributed by atoms with Crippen LogP contribution in [-0.2, 0) is 0 Å². The maximum absolute atomic E-state index is 8.91. The highest BCUT2D eigenvalue weighted by Crippen LogP contribution is 2.28. The van der Waals surface area contributed by atoms with Crippen molar-refractivity contribution in [2.75, 3.05) is 23.7 Å². The van der Waals surface area contributed by atoms with Gasteiger partial charge in [0.25, 0.3) is 0 Å². The highest BCUT2D eigenvalue weighted by Gasteiger charge is 2.13. The first-order chi connectivity index (χ1) is 8.65. The van der Waals surface area contributed by atoms with Gasteiger partial charge in [0.05, 0.1) is 35.1 Å². The maximum Gasteiger partial charge on any atom is 0.0672 e. The Bertz CT molecular complexity index is 581. The van der Waals surface area contributed by atoms with Crippen molar-refractivity contribution in [1.29, 1.82) is 5.26 Å². The second kappa shape index (κ2) is 4.96. The molecule has 2 aromatic rings. The zero-order chi connectivity index (χ0) is 13.1. The van der Waals surface area contributed by atoms with Gasteiger partial charge in [0, 0.05) is 18.5 Å². The normalized spacial score (nSPS) is 12.3. The van der Waals surface area contributed by atoms with Gasteiger partial charge in [-0.2, -0.15) is 10.4 Å². The van der Waals surface area contributed by atoms with Gasteiger partial charge >= 0.3 is 0 Å².